The van der Waals surface area contributed by atoms with E-state index >= 15 is 0 Å². The molecule has 1 nitrogen and oxygen atoms in total. The fraction of sp³-hybridized carbons (Fsp3) is 0.429. The van der Waals surface area contributed by atoms with Gasteiger partial charge < -0.3 is 5.73 Å². The number of hydrogen-bond donors (Lipinski definition) is 1. The van der Waals surface area contributed by atoms with Crippen molar-refractivity contribution in [2.45, 2.75) is 38.6 Å². The lowest BCUT2D eigenvalue weighted by Crippen LogP contribution is -2.16. The standard InChI is InChI=1S/C14H17F2N/c1-9-6-7-12(15)13(14(9)16)10-4-2-3-5-11(17)8-10/h6-8,11H,2-5,17H2,1H3. The Morgan fingerprint density at radius 3 is 2.76 bits per heavy atom. The summed E-state index contributed by atoms with van der Waals surface area (Å²) in [4.78, 5) is 0. The predicted octanol–water partition coefficient (Wildman–Crippen LogP) is 3.56. The van der Waals surface area contributed by atoms with Crippen molar-refractivity contribution in [3.8, 4) is 0 Å². The summed E-state index contributed by atoms with van der Waals surface area (Å²) in [5.74, 6) is -0.946. The van der Waals surface area contributed by atoms with Crippen LogP contribution in [0.4, 0.5) is 8.78 Å². The molecule has 0 saturated carbocycles. The van der Waals surface area contributed by atoms with Gasteiger partial charge in [0.15, 0.2) is 0 Å². The van der Waals surface area contributed by atoms with Crippen molar-refractivity contribution in [3.05, 3.63) is 41.0 Å². The Balaban J connectivity index is 2.48. The zero-order valence-electron chi connectivity index (χ0n) is 9.97. The van der Waals surface area contributed by atoms with Gasteiger partial charge in [0.2, 0.25) is 0 Å². The molecule has 0 amide bonds. The van der Waals surface area contributed by atoms with Gasteiger partial charge >= 0.3 is 0 Å². The van der Waals surface area contributed by atoms with Crippen molar-refractivity contribution in [1.29, 1.82) is 0 Å². The van der Waals surface area contributed by atoms with E-state index in [4.69, 9.17) is 5.73 Å². The zero-order chi connectivity index (χ0) is 12.4. The van der Waals surface area contributed by atoms with E-state index in [-0.39, 0.29) is 11.6 Å². The fourth-order valence-corrected chi connectivity index (χ4v) is 2.28. The molecule has 0 bridgehead atoms. The first kappa shape index (κ1) is 12.2. The number of hydrogen-bond acceptors (Lipinski definition) is 1. The average Bonchev–Trinajstić information content (AvgIpc) is 2.49. The Morgan fingerprint density at radius 2 is 2.00 bits per heavy atom. The first-order chi connectivity index (χ1) is 8.09. The number of aryl methyl sites for hydroxylation is 1. The Bertz CT molecular complexity index is 452. The van der Waals surface area contributed by atoms with E-state index in [1.807, 2.05) is 6.08 Å². The van der Waals surface area contributed by atoms with Gasteiger partial charge in [-0.2, -0.15) is 0 Å². The largest absolute Gasteiger partial charge is 0.324 e. The smallest absolute Gasteiger partial charge is 0.136 e. The summed E-state index contributed by atoms with van der Waals surface area (Å²) in [6.07, 6.45) is 5.35. The van der Waals surface area contributed by atoms with E-state index in [0.717, 1.165) is 19.3 Å². The van der Waals surface area contributed by atoms with Gasteiger partial charge in [-0.3, -0.25) is 0 Å². The molecular formula is C14H17F2N. The van der Waals surface area contributed by atoms with Crippen LogP contribution < -0.4 is 5.73 Å². The van der Waals surface area contributed by atoms with Crippen molar-refractivity contribution in [2.24, 2.45) is 5.73 Å². The molecule has 0 heterocycles. The Morgan fingerprint density at radius 1 is 1.24 bits per heavy atom. The number of rotatable bonds is 1. The predicted molar refractivity (Wildman–Crippen MR) is 65.5 cm³/mol. The summed E-state index contributed by atoms with van der Waals surface area (Å²) >= 11 is 0. The molecule has 0 radical (unpaired) electrons. The molecule has 0 aromatic heterocycles. The molecule has 92 valence electrons. The Labute approximate surface area is 100 Å². The third kappa shape index (κ3) is 2.55. The second kappa shape index (κ2) is 4.96. The monoisotopic (exact) mass is 237 g/mol. The van der Waals surface area contributed by atoms with Crippen LogP contribution in [-0.2, 0) is 0 Å². The molecule has 1 unspecified atom stereocenters. The Kier molecular flexibility index (Phi) is 3.57. The maximum Gasteiger partial charge on any atom is 0.136 e. The van der Waals surface area contributed by atoms with Gasteiger partial charge in [0.25, 0.3) is 0 Å². The molecule has 0 fully saturated rings. The summed E-state index contributed by atoms with van der Waals surface area (Å²) in [5, 5.41) is 0. The van der Waals surface area contributed by atoms with Crippen LogP contribution in [-0.4, -0.2) is 6.04 Å². The van der Waals surface area contributed by atoms with Crippen LogP contribution in [0.15, 0.2) is 18.2 Å². The topological polar surface area (TPSA) is 26.0 Å². The highest BCUT2D eigenvalue weighted by molar-refractivity contribution is 5.68. The number of nitrogens with two attached hydrogens (primary N) is 1. The molecule has 1 aliphatic rings. The number of allylic oxidation sites excluding steroid dienone is 1. The molecule has 0 saturated heterocycles. The van der Waals surface area contributed by atoms with Crippen molar-refractivity contribution in [2.75, 3.05) is 0 Å². The van der Waals surface area contributed by atoms with Crippen LogP contribution >= 0.6 is 0 Å². The summed E-state index contributed by atoms with van der Waals surface area (Å²) in [5.41, 5.74) is 7.18. The van der Waals surface area contributed by atoms with E-state index in [2.05, 4.69) is 0 Å². The van der Waals surface area contributed by atoms with E-state index in [1.54, 1.807) is 6.92 Å². The van der Waals surface area contributed by atoms with E-state index in [9.17, 15) is 8.78 Å². The lowest BCUT2D eigenvalue weighted by atomic mass is 9.98. The molecule has 0 spiro atoms. The first-order valence-corrected chi connectivity index (χ1v) is 6.01. The molecule has 1 atom stereocenters. The van der Waals surface area contributed by atoms with Crippen molar-refractivity contribution in [1.82, 2.24) is 0 Å². The van der Waals surface area contributed by atoms with E-state index in [0.29, 0.717) is 17.6 Å². The minimum atomic E-state index is -0.492. The third-order valence-corrected chi connectivity index (χ3v) is 3.25. The number of halogens is 2. The van der Waals surface area contributed by atoms with Crippen LogP contribution in [0.5, 0.6) is 0 Å². The molecule has 2 rings (SSSR count). The Hall–Kier alpha value is -1.22. The molecular weight excluding hydrogens is 220 g/mol. The fourth-order valence-electron chi connectivity index (χ4n) is 2.28. The highest BCUT2D eigenvalue weighted by Gasteiger charge is 2.18. The second-order valence-corrected chi connectivity index (χ2v) is 4.65. The molecule has 0 aliphatic heterocycles. The van der Waals surface area contributed by atoms with Crippen LogP contribution in [0.2, 0.25) is 0 Å². The lowest BCUT2D eigenvalue weighted by Gasteiger charge is -2.11. The molecule has 1 aromatic carbocycles. The van der Waals surface area contributed by atoms with Crippen molar-refractivity contribution >= 4 is 5.57 Å². The number of benzene rings is 1. The van der Waals surface area contributed by atoms with Gasteiger partial charge in [-0.05, 0) is 43.4 Å². The molecule has 2 N–H and O–H groups in total. The molecule has 17 heavy (non-hydrogen) atoms. The summed E-state index contributed by atoms with van der Waals surface area (Å²) < 4.78 is 27.7. The van der Waals surface area contributed by atoms with Gasteiger partial charge in [0.05, 0.1) is 0 Å². The molecule has 1 aromatic rings. The maximum absolute atomic E-state index is 14.0. The third-order valence-electron chi connectivity index (χ3n) is 3.25. The summed E-state index contributed by atoms with van der Waals surface area (Å²) in [6.45, 7) is 1.65. The summed E-state index contributed by atoms with van der Waals surface area (Å²) in [6, 6.07) is 2.70. The van der Waals surface area contributed by atoms with Gasteiger partial charge in [0.1, 0.15) is 11.6 Å². The van der Waals surface area contributed by atoms with Gasteiger partial charge in [0, 0.05) is 11.6 Å². The van der Waals surface area contributed by atoms with Gasteiger partial charge in [-0.1, -0.05) is 18.6 Å². The quantitative estimate of drug-likeness (QED) is 0.794. The SMILES string of the molecule is Cc1ccc(F)c(C2=CC(N)CCCC2)c1F. The zero-order valence-corrected chi connectivity index (χ0v) is 9.97. The molecule has 3 heteroatoms. The minimum Gasteiger partial charge on any atom is -0.324 e. The summed E-state index contributed by atoms with van der Waals surface area (Å²) in [7, 11) is 0. The van der Waals surface area contributed by atoms with E-state index < -0.39 is 11.6 Å². The lowest BCUT2D eigenvalue weighted by molar-refractivity contribution is 0.569. The maximum atomic E-state index is 14.0. The second-order valence-electron chi connectivity index (χ2n) is 4.65. The van der Waals surface area contributed by atoms with Crippen LogP contribution in [0.1, 0.15) is 36.8 Å². The average molecular weight is 237 g/mol. The van der Waals surface area contributed by atoms with Crippen LogP contribution in [0.3, 0.4) is 0 Å². The van der Waals surface area contributed by atoms with E-state index in [1.165, 1.54) is 12.1 Å². The first-order valence-electron chi connectivity index (χ1n) is 6.01. The van der Waals surface area contributed by atoms with Crippen molar-refractivity contribution in [3.63, 3.8) is 0 Å². The van der Waals surface area contributed by atoms with Gasteiger partial charge in [-0.25, -0.2) is 8.78 Å². The van der Waals surface area contributed by atoms with Crippen molar-refractivity contribution < 1.29 is 8.78 Å². The highest BCUT2D eigenvalue weighted by atomic mass is 19.1. The highest BCUT2D eigenvalue weighted by Crippen LogP contribution is 2.30. The van der Waals surface area contributed by atoms with Crippen LogP contribution in [0, 0.1) is 18.6 Å². The normalized spacial score (nSPS) is 20.9. The molecule has 1 aliphatic carbocycles. The van der Waals surface area contributed by atoms with Crippen LogP contribution in [0.25, 0.3) is 5.57 Å². The minimum absolute atomic E-state index is 0.0909. The van der Waals surface area contributed by atoms with Gasteiger partial charge in [-0.15, -0.1) is 0 Å².